The summed E-state index contributed by atoms with van der Waals surface area (Å²) in [6.07, 6.45) is 2.67. The third-order valence-electron chi connectivity index (χ3n) is 4.20. The fraction of sp³-hybridized carbons (Fsp3) is 0.333. The molecule has 1 aromatic carbocycles. The average Bonchev–Trinajstić information content (AvgIpc) is 2.78. The fourth-order valence-electron chi connectivity index (χ4n) is 2.97. The van der Waals surface area contributed by atoms with E-state index in [4.69, 9.17) is 4.74 Å². The summed E-state index contributed by atoms with van der Waals surface area (Å²) < 4.78 is 5.26. The number of ether oxygens (including phenoxy) is 1. The predicted molar refractivity (Wildman–Crippen MR) is 109 cm³/mol. The zero-order valence-corrected chi connectivity index (χ0v) is 16.6. The average molecular weight is 396 g/mol. The van der Waals surface area contributed by atoms with Gasteiger partial charge in [-0.2, -0.15) is 0 Å². The number of hydrogen-bond acceptors (Lipinski definition) is 5. The van der Waals surface area contributed by atoms with Crippen molar-refractivity contribution in [2.75, 3.05) is 16.8 Å². The molecule has 1 aliphatic rings. The molecule has 8 nitrogen and oxygen atoms in total. The van der Waals surface area contributed by atoms with Crippen LogP contribution in [0.1, 0.15) is 26.3 Å². The van der Waals surface area contributed by atoms with Crippen LogP contribution < -0.4 is 15.5 Å². The molecule has 1 unspecified atom stereocenters. The zero-order valence-electron chi connectivity index (χ0n) is 16.6. The Morgan fingerprint density at radius 3 is 2.69 bits per heavy atom. The number of hydrogen-bond donors (Lipinski definition) is 2. The summed E-state index contributed by atoms with van der Waals surface area (Å²) in [5.41, 5.74) is 1.13. The molecular weight excluding hydrogens is 372 g/mol. The highest BCUT2D eigenvalue weighted by Gasteiger charge is 2.33. The summed E-state index contributed by atoms with van der Waals surface area (Å²) in [5.74, 6) is -0.627. The first-order valence-corrected chi connectivity index (χ1v) is 9.31. The normalized spacial score (nSPS) is 16.3. The number of fused-ring (bicyclic) bond motifs is 1. The van der Waals surface area contributed by atoms with Crippen LogP contribution in [0.5, 0.6) is 0 Å². The quantitative estimate of drug-likeness (QED) is 0.830. The van der Waals surface area contributed by atoms with Crippen molar-refractivity contribution >= 4 is 29.3 Å². The van der Waals surface area contributed by atoms with Crippen LogP contribution >= 0.6 is 0 Å². The van der Waals surface area contributed by atoms with Crippen molar-refractivity contribution in [3.05, 3.63) is 54.4 Å². The molecule has 2 heterocycles. The number of nitrogens with one attached hydrogen (secondary N) is 2. The number of carbonyl (C=O) groups is 3. The second-order valence-electron chi connectivity index (χ2n) is 7.75. The lowest BCUT2D eigenvalue weighted by Gasteiger charge is -2.26. The maximum atomic E-state index is 13.1. The molecular formula is C21H24N4O4. The molecule has 0 bridgehead atoms. The van der Waals surface area contributed by atoms with Crippen molar-refractivity contribution in [3.8, 4) is 0 Å². The lowest BCUT2D eigenvalue weighted by atomic mass is 10.1. The molecule has 152 valence electrons. The Hall–Kier alpha value is -3.42. The number of carbonyl (C=O) groups excluding carboxylic acids is 3. The van der Waals surface area contributed by atoms with Gasteiger partial charge in [-0.05, 0) is 44.5 Å². The van der Waals surface area contributed by atoms with Crippen LogP contribution in [0.3, 0.4) is 0 Å². The molecule has 3 rings (SSSR count). The highest BCUT2D eigenvalue weighted by atomic mass is 16.6. The third kappa shape index (κ3) is 5.31. The Bertz CT molecular complexity index is 908. The van der Waals surface area contributed by atoms with Crippen LogP contribution in [0, 0.1) is 0 Å². The lowest BCUT2D eigenvalue weighted by Crippen LogP contribution is -2.51. The molecule has 2 aromatic rings. The summed E-state index contributed by atoms with van der Waals surface area (Å²) in [6, 6.07) is 9.64. The van der Waals surface area contributed by atoms with Crippen molar-refractivity contribution in [1.82, 2.24) is 10.3 Å². The van der Waals surface area contributed by atoms with Gasteiger partial charge in [0.1, 0.15) is 11.6 Å². The van der Waals surface area contributed by atoms with Crippen LogP contribution in [0.25, 0.3) is 0 Å². The molecule has 0 fully saturated rings. The topological polar surface area (TPSA) is 101 Å². The minimum Gasteiger partial charge on any atom is -0.444 e. The highest BCUT2D eigenvalue weighted by Crippen LogP contribution is 2.29. The maximum Gasteiger partial charge on any atom is 0.408 e. The minimum atomic E-state index is -0.963. The van der Waals surface area contributed by atoms with E-state index in [1.54, 1.807) is 63.5 Å². The number of benzene rings is 1. The summed E-state index contributed by atoms with van der Waals surface area (Å²) >= 11 is 0. The van der Waals surface area contributed by atoms with Gasteiger partial charge in [0.2, 0.25) is 11.8 Å². The SMILES string of the molecule is CC(C)(C)OC(=O)NC1CN(C(=O)Cc2cccnc2)c2ccccc2NC1=O. The van der Waals surface area contributed by atoms with Gasteiger partial charge in [0.05, 0.1) is 24.3 Å². The van der Waals surface area contributed by atoms with E-state index < -0.39 is 23.6 Å². The molecule has 0 radical (unpaired) electrons. The first kappa shape index (κ1) is 20.3. The van der Waals surface area contributed by atoms with Crippen LogP contribution in [-0.2, 0) is 20.7 Å². The van der Waals surface area contributed by atoms with Crippen LogP contribution in [0.4, 0.5) is 16.2 Å². The Morgan fingerprint density at radius 1 is 1.24 bits per heavy atom. The van der Waals surface area contributed by atoms with Crippen molar-refractivity contribution in [3.63, 3.8) is 0 Å². The van der Waals surface area contributed by atoms with Crippen molar-refractivity contribution in [2.24, 2.45) is 0 Å². The number of anilines is 2. The molecule has 1 aromatic heterocycles. The summed E-state index contributed by atoms with van der Waals surface area (Å²) in [7, 11) is 0. The van der Waals surface area contributed by atoms with Gasteiger partial charge in [0.25, 0.3) is 0 Å². The van der Waals surface area contributed by atoms with E-state index in [0.717, 1.165) is 5.56 Å². The molecule has 29 heavy (non-hydrogen) atoms. The number of pyridine rings is 1. The Balaban J connectivity index is 1.85. The molecule has 0 aliphatic carbocycles. The van der Waals surface area contributed by atoms with Gasteiger partial charge in [-0.1, -0.05) is 18.2 Å². The lowest BCUT2D eigenvalue weighted by molar-refractivity contribution is -0.119. The molecule has 0 saturated carbocycles. The number of nitrogens with zero attached hydrogens (tertiary/aromatic N) is 2. The van der Waals surface area contributed by atoms with Gasteiger partial charge in [-0.15, -0.1) is 0 Å². The van der Waals surface area contributed by atoms with Gasteiger partial charge in [-0.3, -0.25) is 14.6 Å². The van der Waals surface area contributed by atoms with Crippen molar-refractivity contribution in [1.29, 1.82) is 0 Å². The molecule has 3 amide bonds. The number of rotatable bonds is 3. The summed E-state index contributed by atoms with van der Waals surface area (Å²) in [5, 5.41) is 5.34. The van der Waals surface area contributed by atoms with Crippen molar-refractivity contribution < 1.29 is 19.1 Å². The van der Waals surface area contributed by atoms with E-state index in [1.165, 1.54) is 4.90 Å². The maximum absolute atomic E-state index is 13.1. The zero-order chi connectivity index (χ0) is 21.0. The highest BCUT2D eigenvalue weighted by molar-refractivity contribution is 6.06. The van der Waals surface area contributed by atoms with E-state index in [1.807, 2.05) is 6.07 Å². The van der Waals surface area contributed by atoms with Gasteiger partial charge < -0.3 is 20.3 Å². The Kier molecular flexibility index (Phi) is 5.81. The van der Waals surface area contributed by atoms with Crippen LogP contribution in [-0.4, -0.2) is 41.1 Å². The van der Waals surface area contributed by atoms with Gasteiger partial charge >= 0.3 is 6.09 Å². The van der Waals surface area contributed by atoms with Crippen molar-refractivity contribution in [2.45, 2.75) is 38.8 Å². The second-order valence-corrected chi connectivity index (χ2v) is 7.75. The van der Waals surface area contributed by atoms with E-state index >= 15 is 0 Å². The number of alkyl carbamates (subject to hydrolysis) is 1. The predicted octanol–water partition coefficient (Wildman–Crippen LogP) is 2.50. The molecule has 1 atom stereocenters. The first-order chi connectivity index (χ1) is 13.7. The molecule has 8 heteroatoms. The number of amides is 3. The van der Waals surface area contributed by atoms with E-state index in [0.29, 0.717) is 11.4 Å². The molecule has 1 aliphatic heterocycles. The first-order valence-electron chi connectivity index (χ1n) is 9.31. The van der Waals surface area contributed by atoms with E-state index in [9.17, 15) is 14.4 Å². The summed E-state index contributed by atoms with van der Waals surface area (Å²) in [6.45, 7) is 5.19. The summed E-state index contributed by atoms with van der Waals surface area (Å²) in [4.78, 5) is 43.5. The molecule has 0 saturated heterocycles. The molecule has 0 spiro atoms. The van der Waals surface area contributed by atoms with Crippen LogP contribution in [0.15, 0.2) is 48.8 Å². The Morgan fingerprint density at radius 2 is 2.00 bits per heavy atom. The standard InChI is InChI=1S/C21H24N4O4/c1-21(2,3)29-20(28)24-16-13-25(18(26)11-14-7-6-10-22-12-14)17-9-5-4-8-15(17)23-19(16)27/h4-10,12,16H,11,13H2,1-3H3,(H,23,27)(H,24,28). The third-order valence-corrected chi connectivity index (χ3v) is 4.20. The van der Waals surface area contributed by atoms with E-state index in [2.05, 4.69) is 15.6 Å². The largest absolute Gasteiger partial charge is 0.444 e. The van der Waals surface area contributed by atoms with Gasteiger partial charge in [0.15, 0.2) is 0 Å². The molecule has 2 N–H and O–H groups in total. The Labute approximate surface area is 169 Å². The van der Waals surface area contributed by atoms with Gasteiger partial charge in [-0.25, -0.2) is 4.79 Å². The minimum absolute atomic E-state index is 0.0127. The fourth-order valence-corrected chi connectivity index (χ4v) is 2.97. The number of para-hydroxylation sites is 2. The van der Waals surface area contributed by atoms with E-state index in [-0.39, 0.29) is 18.9 Å². The second kappa shape index (κ2) is 8.30. The monoisotopic (exact) mass is 396 g/mol. The smallest absolute Gasteiger partial charge is 0.408 e. The number of aromatic nitrogens is 1. The van der Waals surface area contributed by atoms with Gasteiger partial charge in [0, 0.05) is 12.4 Å². The van der Waals surface area contributed by atoms with Crippen LogP contribution in [0.2, 0.25) is 0 Å².